The standard InChI is InChI=1S/C20H25NO3.BrH/c1-21-12-19(14-4-3-5-14)24-20(22,13-21)17-8-6-16-11-18(23-2)9-7-15(16)10-17;/h6-11,14,19,22H,3-5,12-13H2,1-2H3;1H. The highest BCUT2D eigenvalue weighted by Gasteiger charge is 2.43. The number of halogens is 1. The summed E-state index contributed by atoms with van der Waals surface area (Å²) in [5.74, 6) is 0.193. The first-order valence-electron chi connectivity index (χ1n) is 8.74. The van der Waals surface area contributed by atoms with E-state index in [0.29, 0.717) is 12.5 Å². The minimum atomic E-state index is -1.23. The van der Waals surface area contributed by atoms with E-state index in [1.165, 1.54) is 19.3 Å². The van der Waals surface area contributed by atoms with Crippen LogP contribution in [0.15, 0.2) is 36.4 Å². The number of aliphatic hydroxyl groups is 1. The van der Waals surface area contributed by atoms with Gasteiger partial charge in [0.15, 0.2) is 0 Å². The Morgan fingerprint density at radius 2 is 1.88 bits per heavy atom. The largest absolute Gasteiger partial charge is 0.497 e. The molecule has 1 aliphatic heterocycles. The second-order valence-corrected chi connectivity index (χ2v) is 7.26. The maximum atomic E-state index is 11.2. The summed E-state index contributed by atoms with van der Waals surface area (Å²) in [6.07, 6.45) is 3.83. The predicted molar refractivity (Wildman–Crippen MR) is 104 cm³/mol. The van der Waals surface area contributed by atoms with Gasteiger partial charge in [-0.05, 0) is 54.8 Å². The molecule has 1 heterocycles. The summed E-state index contributed by atoms with van der Waals surface area (Å²) in [7, 11) is 3.73. The molecule has 4 nitrogen and oxygen atoms in total. The summed E-state index contributed by atoms with van der Waals surface area (Å²) in [6.45, 7) is 1.40. The van der Waals surface area contributed by atoms with Crippen LogP contribution < -0.4 is 4.74 Å². The van der Waals surface area contributed by atoms with Gasteiger partial charge in [0.1, 0.15) is 5.75 Å². The molecule has 0 amide bonds. The number of rotatable bonds is 3. The molecular formula is C20H26BrNO3. The molecule has 2 aliphatic rings. The van der Waals surface area contributed by atoms with Crippen LogP contribution in [0.2, 0.25) is 0 Å². The van der Waals surface area contributed by atoms with Crippen LogP contribution in [-0.4, -0.2) is 43.4 Å². The molecule has 1 saturated carbocycles. The number of likely N-dealkylation sites (N-methyl/N-ethyl adjacent to an activating group) is 1. The maximum Gasteiger partial charge on any atom is 0.205 e. The highest BCUT2D eigenvalue weighted by molar-refractivity contribution is 8.93. The average molecular weight is 408 g/mol. The molecule has 2 fully saturated rings. The topological polar surface area (TPSA) is 41.9 Å². The van der Waals surface area contributed by atoms with E-state index in [0.717, 1.165) is 28.6 Å². The van der Waals surface area contributed by atoms with Crippen LogP contribution in [0, 0.1) is 5.92 Å². The normalized spacial score (nSPS) is 27.6. The Kier molecular flexibility index (Phi) is 5.40. The first-order valence-corrected chi connectivity index (χ1v) is 8.74. The zero-order chi connectivity index (χ0) is 16.7. The van der Waals surface area contributed by atoms with E-state index in [1.807, 2.05) is 36.4 Å². The van der Waals surface area contributed by atoms with Crippen LogP contribution in [0.5, 0.6) is 5.75 Å². The lowest BCUT2D eigenvalue weighted by atomic mass is 9.80. The van der Waals surface area contributed by atoms with Crippen molar-refractivity contribution in [2.45, 2.75) is 31.2 Å². The highest BCUT2D eigenvalue weighted by atomic mass is 79.9. The first kappa shape index (κ1) is 18.6. The molecule has 0 bridgehead atoms. The van der Waals surface area contributed by atoms with E-state index in [-0.39, 0.29) is 23.1 Å². The third-order valence-corrected chi connectivity index (χ3v) is 5.50. The Balaban J connectivity index is 0.00000182. The molecule has 136 valence electrons. The van der Waals surface area contributed by atoms with E-state index in [4.69, 9.17) is 9.47 Å². The smallest absolute Gasteiger partial charge is 0.205 e. The van der Waals surface area contributed by atoms with Gasteiger partial charge >= 0.3 is 0 Å². The van der Waals surface area contributed by atoms with E-state index >= 15 is 0 Å². The second kappa shape index (κ2) is 7.23. The van der Waals surface area contributed by atoms with Crippen molar-refractivity contribution in [3.05, 3.63) is 42.0 Å². The monoisotopic (exact) mass is 407 g/mol. The lowest BCUT2D eigenvalue weighted by Crippen LogP contribution is -2.55. The third-order valence-electron chi connectivity index (χ3n) is 5.50. The lowest BCUT2D eigenvalue weighted by molar-refractivity contribution is -0.287. The van der Waals surface area contributed by atoms with Crippen LogP contribution in [0.1, 0.15) is 24.8 Å². The molecule has 25 heavy (non-hydrogen) atoms. The van der Waals surface area contributed by atoms with Crippen LogP contribution >= 0.6 is 17.0 Å². The zero-order valence-corrected chi connectivity index (χ0v) is 16.5. The molecular weight excluding hydrogens is 382 g/mol. The van der Waals surface area contributed by atoms with Gasteiger partial charge in [-0.25, -0.2) is 0 Å². The number of methoxy groups -OCH3 is 1. The van der Waals surface area contributed by atoms with Crippen LogP contribution in [0.25, 0.3) is 10.8 Å². The van der Waals surface area contributed by atoms with Crippen molar-refractivity contribution in [2.24, 2.45) is 5.92 Å². The number of morpholine rings is 1. The number of hydrogen-bond acceptors (Lipinski definition) is 4. The number of fused-ring (bicyclic) bond motifs is 1. The molecule has 0 radical (unpaired) electrons. The molecule has 2 atom stereocenters. The fraction of sp³-hybridized carbons (Fsp3) is 0.500. The summed E-state index contributed by atoms with van der Waals surface area (Å²) in [5, 5.41) is 13.4. The Labute approximate surface area is 159 Å². The van der Waals surface area contributed by atoms with Crippen molar-refractivity contribution in [1.29, 1.82) is 0 Å². The van der Waals surface area contributed by atoms with E-state index in [9.17, 15) is 5.11 Å². The quantitative estimate of drug-likeness (QED) is 0.841. The molecule has 1 N–H and O–H groups in total. The van der Waals surface area contributed by atoms with Crippen molar-refractivity contribution >= 4 is 27.8 Å². The molecule has 2 aromatic carbocycles. The van der Waals surface area contributed by atoms with E-state index in [1.54, 1.807) is 7.11 Å². The second-order valence-electron chi connectivity index (χ2n) is 7.26. The Morgan fingerprint density at radius 3 is 2.56 bits per heavy atom. The van der Waals surface area contributed by atoms with Gasteiger partial charge in [0, 0.05) is 12.1 Å². The van der Waals surface area contributed by atoms with Gasteiger partial charge in [0.05, 0.1) is 19.8 Å². The van der Waals surface area contributed by atoms with Crippen molar-refractivity contribution in [3.8, 4) is 5.75 Å². The SMILES string of the molecule is Br.COc1ccc2cc(C3(O)CN(C)CC(C4CCC4)O3)ccc2c1. The van der Waals surface area contributed by atoms with Crippen LogP contribution in [-0.2, 0) is 10.5 Å². The van der Waals surface area contributed by atoms with Gasteiger partial charge in [0.25, 0.3) is 0 Å². The number of ether oxygens (including phenoxy) is 2. The van der Waals surface area contributed by atoms with Gasteiger partial charge in [-0.2, -0.15) is 0 Å². The van der Waals surface area contributed by atoms with Gasteiger partial charge in [-0.1, -0.05) is 24.6 Å². The predicted octanol–water partition coefficient (Wildman–Crippen LogP) is 3.70. The third kappa shape index (κ3) is 3.56. The van der Waals surface area contributed by atoms with Gasteiger partial charge in [-0.3, -0.25) is 4.90 Å². The van der Waals surface area contributed by atoms with Gasteiger partial charge < -0.3 is 14.6 Å². The lowest BCUT2D eigenvalue weighted by Gasteiger charge is -2.46. The Morgan fingerprint density at radius 1 is 1.16 bits per heavy atom. The molecule has 5 heteroatoms. The minimum Gasteiger partial charge on any atom is -0.497 e. The summed E-state index contributed by atoms with van der Waals surface area (Å²) < 4.78 is 11.5. The number of hydrogen-bond donors (Lipinski definition) is 1. The molecule has 0 spiro atoms. The molecule has 1 aliphatic carbocycles. The first-order chi connectivity index (χ1) is 11.6. The minimum absolute atomic E-state index is 0. The average Bonchev–Trinajstić information content (AvgIpc) is 2.51. The molecule has 2 unspecified atom stereocenters. The summed E-state index contributed by atoms with van der Waals surface area (Å²) >= 11 is 0. The molecule has 4 rings (SSSR count). The summed E-state index contributed by atoms with van der Waals surface area (Å²) in [6, 6.07) is 12.0. The van der Waals surface area contributed by atoms with Gasteiger partial charge in [-0.15, -0.1) is 17.0 Å². The van der Waals surface area contributed by atoms with Crippen molar-refractivity contribution in [3.63, 3.8) is 0 Å². The zero-order valence-electron chi connectivity index (χ0n) is 14.8. The number of nitrogens with zero attached hydrogens (tertiary/aromatic N) is 1. The van der Waals surface area contributed by atoms with E-state index < -0.39 is 5.79 Å². The van der Waals surface area contributed by atoms with Crippen molar-refractivity contribution in [2.75, 3.05) is 27.2 Å². The maximum absolute atomic E-state index is 11.2. The number of β-amino-alcohol motifs (C(OH)–C–C–N with tert-alkyl or cyclic N) is 1. The van der Waals surface area contributed by atoms with Crippen LogP contribution in [0.3, 0.4) is 0 Å². The molecule has 0 aromatic heterocycles. The van der Waals surface area contributed by atoms with Crippen molar-refractivity contribution in [1.82, 2.24) is 4.90 Å². The fourth-order valence-corrected chi connectivity index (χ4v) is 3.87. The van der Waals surface area contributed by atoms with Gasteiger partial charge in [0.2, 0.25) is 5.79 Å². The van der Waals surface area contributed by atoms with Crippen molar-refractivity contribution < 1.29 is 14.6 Å². The summed E-state index contributed by atoms with van der Waals surface area (Å²) in [5.41, 5.74) is 0.830. The Hall–Kier alpha value is -1.14. The fourth-order valence-electron chi connectivity index (χ4n) is 3.87. The highest BCUT2D eigenvalue weighted by Crippen LogP contribution is 2.39. The van der Waals surface area contributed by atoms with Crippen LogP contribution in [0.4, 0.5) is 0 Å². The van der Waals surface area contributed by atoms with E-state index in [2.05, 4.69) is 11.9 Å². The molecule has 2 aromatic rings. The molecule has 1 saturated heterocycles. The summed E-state index contributed by atoms with van der Waals surface area (Å²) in [4.78, 5) is 2.19. The number of benzene rings is 2. The Bertz CT molecular complexity index is 749.